The highest BCUT2D eigenvalue weighted by atomic mass is 35.5. The van der Waals surface area contributed by atoms with Crippen LogP contribution in [0, 0.1) is 17.5 Å². The van der Waals surface area contributed by atoms with Crippen molar-refractivity contribution in [3.05, 3.63) is 95.4 Å². The van der Waals surface area contributed by atoms with E-state index < -0.39 is 11.6 Å². The third-order valence-corrected chi connectivity index (χ3v) is 4.19. The van der Waals surface area contributed by atoms with E-state index in [2.05, 4.69) is 17.3 Å². The molecule has 1 aliphatic heterocycles. The number of benzene rings is 2. The number of fused-ring (bicyclic) bond motifs is 1. The summed E-state index contributed by atoms with van der Waals surface area (Å²) >= 11 is 5.60. The van der Waals surface area contributed by atoms with Crippen LogP contribution in [0.3, 0.4) is 0 Å². The second-order valence-electron chi connectivity index (χ2n) is 5.97. The summed E-state index contributed by atoms with van der Waals surface area (Å²) in [5.41, 5.74) is 10.6. The van der Waals surface area contributed by atoms with Crippen LogP contribution in [0.25, 0.3) is 0 Å². The van der Waals surface area contributed by atoms with Crippen molar-refractivity contribution in [2.24, 2.45) is 5.73 Å². The van der Waals surface area contributed by atoms with Crippen LogP contribution >= 0.6 is 11.6 Å². The molecule has 1 unspecified atom stereocenters. The summed E-state index contributed by atoms with van der Waals surface area (Å²) < 4.78 is 41.4. The van der Waals surface area contributed by atoms with Gasteiger partial charge in [0.25, 0.3) is 0 Å². The van der Waals surface area contributed by atoms with Gasteiger partial charge in [-0.05, 0) is 42.6 Å². The smallest absolute Gasteiger partial charge is 0.131 e. The zero-order chi connectivity index (χ0) is 20.7. The van der Waals surface area contributed by atoms with Crippen molar-refractivity contribution < 1.29 is 13.2 Å². The summed E-state index contributed by atoms with van der Waals surface area (Å²) in [6.45, 7) is 3.70. The number of nitrogen functional groups attached to an aromatic ring is 1. The van der Waals surface area contributed by atoms with Crippen LogP contribution in [0.4, 0.5) is 18.9 Å². The summed E-state index contributed by atoms with van der Waals surface area (Å²) in [4.78, 5) is 4.14. The summed E-state index contributed by atoms with van der Waals surface area (Å²) in [6.07, 6.45) is 5.32. The molecule has 3 aromatic rings. The van der Waals surface area contributed by atoms with Gasteiger partial charge in [-0.2, -0.15) is 0 Å². The van der Waals surface area contributed by atoms with Crippen LogP contribution in [-0.4, -0.2) is 9.55 Å². The van der Waals surface area contributed by atoms with Crippen LogP contribution in [0.15, 0.2) is 61.6 Å². The molecule has 0 radical (unpaired) electrons. The fourth-order valence-corrected chi connectivity index (χ4v) is 3.01. The fourth-order valence-electron chi connectivity index (χ4n) is 2.82. The minimum absolute atomic E-state index is 0.0829. The third-order valence-electron chi connectivity index (χ3n) is 3.97. The maximum Gasteiger partial charge on any atom is 0.131 e. The van der Waals surface area contributed by atoms with Crippen LogP contribution < -0.4 is 11.5 Å². The number of halogens is 4. The van der Waals surface area contributed by atoms with E-state index in [9.17, 15) is 13.2 Å². The zero-order valence-corrected chi connectivity index (χ0v) is 15.7. The Morgan fingerprint density at radius 3 is 2.21 bits per heavy atom. The first-order valence-corrected chi connectivity index (χ1v) is 8.71. The Balaban J connectivity index is 0.000000213. The summed E-state index contributed by atoms with van der Waals surface area (Å²) in [5.74, 6) is -0.740. The maximum absolute atomic E-state index is 13.7. The van der Waals surface area contributed by atoms with Gasteiger partial charge in [-0.25, -0.2) is 18.2 Å². The van der Waals surface area contributed by atoms with E-state index in [1.165, 1.54) is 30.5 Å². The van der Waals surface area contributed by atoms with Crippen molar-refractivity contribution in [1.29, 1.82) is 0 Å². The summed E-state index contributed by atoms with van der Waals surface area (Å²) in [5, 5.41) is 0.0829. The van der Waals surface area contributed by atoms with Gasteiger partial charge in [-0.1, -0.05) is 18.2 Å². The molecule has 0 saturated heterocycles. The first kappa shape index (κ1) is 21.4. The number of hydrogen-bond donors (Lipinski definition) is 2. The molecule has 1 atom stereocenters. The van der Waals surface area contributed by atoms with Gasteiger partial charge >= 0.3 is 0 Å². The van der Waals surface area contributed by atoms with E-state index in [0.717, 1.165) is 18.0 Å². The quantitative estimate of drug-likeness (QED) is 0.576. The molecule has 0 aliphatic carbocycles. The molecule has 4 nitrogen and oxygen atoms in total. The molecule has 1 aromatic heterocycles. The lowest BCUT2D eigenvalue weighted by Crippen LogP contribution is -2.06. The van der Waals surface area contributed by atoms with E-state index in [4.69, 9.17) is 17.3 Å². The lowest BCUT2D eigenvalue weighted by molar-refractivity contribution is 0.514. The number of aromatic nitrogens is 2. The van der Waals surface area contributed by atoms with Crippen molar-refractivity contribution in [3.8, 4) is 0 Å². The van der Waals surface area contributed by atoms with Crippen molar-refractivity contribution in [3.63, 3.8) is 0 Å². The van der Waals surface area contributed by atoms with Gasteiger partial charge < -0.3 is 16.0 Å². The van der Waals surface area contributed by atoms with Gasteiger partial charge in [0.05, 0.1) is 0 Å². The highest BCUT2D eigenvalue weighted by Crippen LogP contribution is 2.33. The van der Waals surface area contributed by atoms with Crippen LogP contribution in [0.5, 0.6) is 0 Å². The molecule has 148 valence electrons. The highest BCUT2D eigenvalue weighted by Gasteiger charge is 2.28. The van der Waals surface area contributed by atoms with E-state index >= 15 is 0 Å². The highest BCUT2D eigenvalue weighted by molar-refractivity contribution is 6.30. The van der Waals surface area contributed by atoms with Crippen LogP contribution in [0.1, 0.15) is 17.3 Å². The Hall–Kier alpha value is -2.93. The largest absolute Gasteiger partial charge is 0.405 e. The first-order valence-electron chi connectivity index (χ1n) is 8.33. The maximum atomic E-state index is 13.7. The monoisotopic (exact) mass is 408 g/mol. The molecule has 0 spiro atoms. The molecule has 8 heteroatoms. The minimum Gasteiger partial charge on any atom is -0.405 e. The number of imidazole rings is 1. The van der Waals surface area contributed by atoms with Gasteiger partial charge in [0.2, 0.25) is 0 Å². The molecule has 0 bridgehead atoms. The molecule has 0 fully saturated rings. The lowest BCUT2D eigenvalue weighted by Gasteiger charge is -2.12. The molecule has 2 aromatic carbocycles. The molecule has 2 heterocycles. The molecule has 28 heavy (non-hydrogen) atoms. The normalized spacial score (nSPS) is 14.2. The molecule has 4 N–H and O–H groups in total. The summed E-state index contributed by atoms with van der Waals surface area (Å²) in [7, 11) is 0. The first-order chi connectivity index (χ1) is 13.3. The molecular weight excluding hydrogens is 389 g/mol. The van der Waals surface area contributed by atoms with Gasteiger partial charge in [-0.15, -0.1) is 0 Å². The predicted molar refractivity (Wildman–Crippen MR) is 105 cm³/mol. The minimum atomic E-state index is -0.578. The van der Waals surface area contributed by atoms with E-state index in [1.54, 1.807) is 6.20 Å². The van der Waals surface area contributed by atoms with E-state index in [-0.39, 0.29) is 22.3 Å². The predicted octanol–water partition coefficient (Wildman–Crippen LogP) is 4.65. The second kappa shape index (κ2) is 9.85. The molecule has 0 saturated carbocycles. The fraction of sp³-hybridized carbons (Fsp3) is 0.150. The van der Waals surface area contributed by atoms with E-state index in [0.29, 0.717) is 18.7 Å². The van der Waals surface area contributed by atoms with Gasteiger partial charge in [0.1, 0.15) is 23.3 Å². The Morgan fingerprint density at radius 2 is 1.71 bits per heavy atom. The van der Waals surface area contributed by atoms with Crippen molar-refractivity contribution in [2.75, 3.05) is 5.73 Å². The van der Waals surface area contributed by atoms with E-state index in [1.807, 2.05) is 10.8 Å². The Morgan fingerprint density at radius 1 is 1.14 bits per heavy atom. The number of nitrogens with zero attached hydrogens (tertiary/aromatic N) is 2. The Kier molecular flexibility index (Phi) is 7.52. The second-order valence-corrected chi connectivity index (χ2v) is 6.40. The molecular formula is C20H20ClF3N4. The van der Waals surface area contributed by atoms with Crippen molar-refractivity contribution in [2.45, 2.75) is 18.9 Å². The topological polar surface area (TPSA) is 69.9 Å². The van der Waals surface area contributed by atoms with Crippen LogP contribution in [-0.2, 0) is 13.0 Å². The number of anilines is 1. The van der Waals surface area contributed by atoms with Gasteiger partial charge in [0, 0.05) is 47.6 Å². The SMILES string of the molecule is C=CN.Fc1cc(Cl)cc(F)c1C1Cc2nccn2C1.Nc1ccc(F)cc1. The lowest BCUT2D eigenvalue weighted by atomic mass is 9.96. The van der Waals surface area contributed by atoms with Gasteiger partial charge in [0.15, 0.2) is 0 Å². The van der Waals surface area contributed by atoms with Crippen molar-refractivity contribution in [1.82, 2.24) is 9.55 Å². The number of hydrogen-bond acceptors (Lipinski definition) is 3. The van der Waals surface area contributed by atoms with Crippen molar-refractivity contribution >= 4 is 17.3 Å². The van der Waals surface area contributed by atoms with Gasteiger partial charge in [-0.3, -0.25) is 0 Å². The molecule has 0 amide bonds. The number of rotatable bonds is 1. The van der Waals surface area contributed by atoms with Crippen LogP contribution in [0.2, 0.25) is 5.02 Å². The standard InChI is InChI=1S/C12H9ClF2N2.C6H6FN.C2H5N/c13-8-4-9(14)12(10(15)5-8)7-3-11-16-1-2-17(11)6-7;7-5-1-3-6(8)4-2-5;1-2-3/h1-2,4-5,7H,3,6H2;1-4H,8H2;2H,1,3H2. The Bertz CT molecular complexity index is 861. The average molecular weight is 409 g/mol. The molecule has 1 aliphatic rings. The number of nitrogens with two attached hydrogens (primary N) is 2. The molecule has 4 rings (SSSR count). The average Bonchev–Trinajstić information content (AvgIpc) is 3.20. The zero-order valence-electron chi connectivity index (χ0n) is 15.0. The third kappa shape index (κ3) is 5.53. The Labute approximate surface area is 166 Å². The summed E-state index contributed by atoms with van der Waals surface area (Å²) in [6, 6.07) is 8.01.